The molecule has 0 spiro atoms. The first-order valence-electron chi connectivity index (χ1n) is 4.71. The second-order valence-electron chi connectivity index (χ2n) is 3.45. The lowest BCUT2D eigenvalue weighted by atomic mass is 10.1. The van der Waals surface area contributed by atoms with Crippen molar-refractivity contribution in [2.45, 2.75) is 13.8 Å². The molecule has 0 aliphatic heterocycles. The molecule has 2 aromatic rings. The fourth-order valence-electron chi connectivity index (χ4n) is 1.59. The van der Waals surface area contributed by atoms with Gasteiger partial charge in [-0.1, -0.05) is 0 Å². The summed E-state index contributed by atoms with van der Waals surface area (Å²) >= 11 is 0. The number of hydrogen-bond acceptors (Lipinski definition) is 3. The van der Waals surface area contributed by atoms with E-state index in [1.165, 1.54) is 0 Å². The number of aromatic nitrogens is 1. The van der Waals surface area contributed by atoms with E-state index in [4.69, 9.17) is 4.42 Å². The number of nitrogens with one attached hydrogen (secondary N) is 1. The van der Waals surface area contributed by atoms with Crippen LogP contribution < -0.4 is 5.32 Å². The second kappa shape index (κ2) is 3.38. The highest BCUT2D eigenvalue weighted by Gasteiger charge is 2.10. The molecular formula is C11H12N2O2. The van der Waals surface area contributed by atoms with E-state index >= 15 is 0 Å². The van der Waals surface area contributed by atoms with Crippen LogP contribution in [0.25, 0.3) is 11.1 Å². The standard InChI is InChI=1S/C11H12N2O2/c1-6-4-8(11(14)12-3)5-9-10(6)15-7(2)13-9/h4-5H,1-3H3,(H,12,14). The van der Waals surface area contributed by atoms with E-state index in [2.05, 4.69) is 10.3 Å². The Bertz CT molecular complexity index is 529. The molecule has 1 heterocycles. The van der Waals surface area contributed by atoms with Crippen molar-refractivity contribution in [2.75, 3.05) is 7.05 Å². The number of oxazole rings is 1. The highest BCUT2D eigenvalue weighted by Crippen LogP contribution is 2.21. The zero-order chi connectivity index (χ0) is 11.0. The van der Waals surface area contributed by atoms with E-state index in [1.807, 2.05) is 6.92 Å². The summed E-state index contributed by atoms with van der Waals surface area (Å²) in [5.41, 5.74) is 3.01. The van der Waals surface area contributed by atoms with Gasteiger partial charge in [0, 0.05) is 19.5 Å². The third kappa shape index (κ3) is 1.58. The van der Waals surface area contributed by atoms with Crippen LogP contribution in [0.5, 0.6) is 0 Å². The normalized spacial score (nSPS) is 10.6. The third-order valence-electron chi connectivity index (χ3n) is 2.27. The van der Waals surface area contributed by atoms with Crippen LogP contribution in [0.4, 0.5) is 0 Å². The van der Waals surface area contributed by atoms with Crippen molar-refractivity contribution in [2.24, 2.45) is 0 Å². The van der Waals surface area contributed by atoms with Gasteiger partial charge in [-0.2, -0.15) is 0 Å². The number of aryl methyl sites for hydroxylation is 2. The van der Waals surface area contributed by atoms with Crippen molar-refractivity contribution in [1.82, 2.24) is 10.3 Å². The van der Waals surface area contributed by atoms with Crippen LogP contribution >= 0.6 is 0 Å². The summed E-state index contributed by atoms with van der Waals surface area (Å²) in [6, 6.07) is 3.53. The van der Waals surface area contributed by atoms with E-state index in [0.29, 0.717) is 11.5 Å². The minimum absolute atomic E-state index is 0.111. The van der Waals surface area contributed by atoms with Crippen LogP contribution in [0.3, 0.4) is 0 Å². The van der Waals surface area contributed by atoms with Gasteiger partial charge in [-0.25, -0.2) is 4.98 Å². The van der Waals surface area contributed by atoms with Gasteiger partial charge in [0.25, 0.3) is 5.91 Å². The fourth-order valence-corrected chi connectivity index (χ4v) is 1.59. The Hall–Kier alpha value is -1.84. The predicted molar refractivity (Wildman–Crippen MR) is 56.9 cm³/mol. The SMILES string of the molecule is CNC(=O)c1cc(C)c2oc(C)nc2c1. The molecule has 4 heteroatoms. The molecule has 0 saturated heterocycles. The van der Waals surface area contributed by atoms with Gasteiger partial charge in [0.1, 0.15) is 5.52 Å². The summed E-state index contributed by atoms with van der Waals surface area (Å²) in [7, 11) is 1.61. The maximum atomic E-state index is 11.4. The highest BCUT2D eigenvalue weighted by atomic mass is 16.3. The number of nitrogens with zero attached hydrogens (tertiary/aromatic N) is 1. The molecule has 15 heavy (non-hydrogen) atoms. The van der Waals surface area contributed by atoms with Crippen molar-refractivity contribution >= 4 is 17.0 Å². The summed E-state index contributed by atoms with van der Waals surface area (Å²) < 4.78 is 5.42. The minimum Gasteiger partial charge on any atom is -0.441 e. The molecule has 2 rings (SSSR count). The summed E-state index contributed by atoms with van der Waals surface area (Å²) in [6.45, 7) is 3.69. The van der Waals surface area contributed by atoms with E-state index in [1.54, 1.807) is 26.1 Å². The first-order chi connectivity index (χ1) is 7.11. The Kier molecular flexibility index (Phi) is 2.19. The van der Waals surface area contributed by atoms with Crippen molar-refractivity contribution < 1.29 is 9.21 Å². The number of rotatable bonds is 1. The molecule has 4 nitrogen and oxygen atoms in total. The van der Waals surface area contributed by atoms with Gasteiger partial charge in [0.15, 0.2) is 11.5 Å². The van der Waals surface area contributed by atoms with Gasteiger partial charge in [-0.15, -0.1) is 0 Å². The Balaban J connectivity index is 2.66. The molecule has 0 saturated carbocycles. The van der Waals surface area contributed by atoms with Gasteiger partial charge in [-0.3, -0.25) is 4.79 Å². The molecule has 1 aromatic heterocycles. The Morgan fingerprint density at radius 3 is 2.80 bits per heavy atom. The molecule has 0 fully saturated rings. The first kappa shape index (κ1) is 9.71. The number of benzene rings is 1. The minimum atomic E-state index is -0.111. The lowest BCUT2D eigenvalue weighted by Gasteiger charge is -2.00. The van der Waals surface area contributed by atoms with Crippen molar-refractivity contribution in [3.63, 3.8) is 0 Å². The number of carbonyl (C=O) groups excluding carboxylic acids is 1. The van der Waals surface area contributed by atoms with E-state index < -0.39 is 0 Å². The van der Waals surface area contributed by atoms with E-state index in [-0.39, 0.29) is 5.91 Å². The summed E-state index contributed by atoms with van der Waals surface area (Å²) in [5, 5.41) is 2.58. The summed E-state index contributed by atoms with van der Waals surface area (Å²) in [6.07, 6.45) is 0. The molecule has 0 aliphatic carbocycles. The van der Waals surface area contributed by atoms with Gasteiger partial charge in [0.05, 0.1) is 0 Å². The van der Waals surface area contributed by atoms with Crippen LogP contribution in [0, 0.1) is 13.8 Å². The number of hydrogen-bond donors (Lipinski definition) is 1. The number of fused-ring (bicyclic) bond motifs is 1. The summed E-state index contributed by atoms with van der Waals surface area (Å²) in [4.78, 5) is 15.7. The molecule has 1 N–H and O–H groups in total. The van der Waals surface area contributed by atoms with Crippen molar-refractivity contribution in [3.8, 4) is 0 Å². The molecule has 78 valence electrons. The van der Waals surface area contributed by atoms with Crippen LogP contribution in [0.15, 0.2) is 16.5 Å². The Morgan fingerprint density at radius 2 is 2.13 bits per heavy atom. The quantitative estimate of drug-likeness (QED) is 0.770. The molecule has 1 amide bonds. The molecule has 0 bridgehead atoms. The van der Waals surface area contributed by atoms with Gasteiger partial charge in [-0.05, 0) is 24.6 Å². The molecular weight excluding hydrogens is 192 g/mol. The highest BCUT2D eigenvalue weighted by molar-refractivity contribution is 5.97. The Labute approximate surface area is 87.3 Å². The third-order valence-corrected chi connectivity index (χ3v) is 2.27. The van der Waals surface area contributed by atoms with Crippen LogP contribution in [-0.4, -0.2) is 17.9 Å². The van der Waals surface area contributed by atoms with E-state index in [0.717, 1.165) is 16.7 Å². The predicted octanol–water partition coefficient (Wildman–Crippen LogP) is 1.80. The average Bonchev–Trinajstić information content (AvgIpc) is 2.58. The summed E-state index contributed by atoms with van der Waals surface area (Å²) in [5.74, 6) is 0.503. The lowest BCUT2D eigenvalue weighted by Crippen LogP contribution is -2.17. The molecule has 1 aromatic carbocycles. The average molecular weight is 204 g/mol. The number of carbonyl (C=O) groups is 1. The van der Waals surface area contributed by atoms with Gasteiger partial charge < -0.3 is 9.73 Å². The lowest BCUT2D eigenvalue weighted by molar-refractivity contribution is 0.0963. The maximum absolute atomic E-state index is 11.4. The van der Waals surface area contributed by atoms with E-state index in [9.17, 15) is 4.79 Å². The first-order valence-corrected chi connectivity index (χ1v) is 4.71. The molecule has 0 radical (unpaired) electrons. The molecule has 0 atom stereocenters. The van der Waals surface area contributed by atoms with Crippen molar-refractivity contribution in [1.29, 1.82) is 0 Å². The van der Waals surface area contributed by atoms with Crippen LogP contribution in [0.2, 0.25) is 0 Å². The monoisotopic (exact) mass is 204 g/mol. The second-order valence-corrected chi connectivity index (χ2v) is 3.45. The van der Waals surface area contributed by atoms with Crippen LogP contribution in [-0.2, 0) is 0 Å². The topological polar surface area (TPSA) is 55.1 Å². The van der Waals surface area contributed by atoms with Crippen LogP contribution in [0.1, 0.15) is 21.8 Å². The van der Waals surface area contributed by atoms with Gasteiger partial charge >= 0.3 is 0 Å². The number of amides is 1. The fraction of sp³-hybridized carbons (Fsp3) is 0.273. The zero-order valence-corrected chi connectivity index (χ0v) is 8.92. The zero-order valence-electron chi connectivity index (χ0n) is 8.92. The maximum Gasteiger partial charge on any atom is 0.251 e. The van der Waals surface area contributed by atoms with Crippen molar-refractivity contribution in [3.05, 3.63) is 29.2 Å². The largest absolute Gasteiger partial charge is 0.441 e. The smallest absolute Gasteiger partial charge is 0.251 e. The molecule has 0 aliphatic rings. The van der Waals surface area contributed by atoms with Gasteiger partial charge in [0.2, 0.25) is 0 Å². The molecule has 0 unspecified atom stereocenters. The Morgan fingerprint density at radius 1 is 1.40 bits per heavy atom.